The summed E-state index contributed by atoms with van der Waals surface area (Å²) in [7, 11) is 1.74. The van der Waals surface area contributed by atoms with E-state index in [1.165, 1.54) is 22.3 Å². The Hall–Kier alpha value is -1.80. The molecule has 1 N–H and O–H groups in total. The van der Waals surface area contributed by atoms with Crippen molar-refractivity contribution in [1.82, 2.24) is 5.32 Å². The molecule has 0 aliphatic carbocycles. The van der Waals surface area contributed by atoms with Gasteiger partial charge in [0.05, 0.1) is 7.11 Å². The molecule has 2 nitrogen and oxygen atoms in total. The second-order valence-corrected chi connectivity index (χ2v) is 5.49. The summed E-state index contributed by atoms with van der Waals surface area (Å²) in [6.45, 7) is 7.43. The van der Waals surface area contributed by atoms with Gasteiger partial charge < -0.3 is 10.1 Å². The van der Waals surface area contributed by atoms with Gasteiger partial charge in [0, 0.05) is 6.04 Å². The minimum Gasteiger partial charge on any atom is -0.496 e. The van der Waals surface area contributed by atoms with Crippen molar-refractivity contribution < 1.29 is 4.74 Å². The van der Waals surface area contributed by atoms with E-state index >= 15 is 0 Å². The van der Waals surface area contributed by atoms with Crippen LogP contribution < -0.4 is 10.1 Å². The average Bonchev–Trinajstić information content (AvgIpc) is 2.50. The third-order valence-corrected chi connectivity index (χ3v) is 3.88. The van der Waals surface area contributed by atoms with E-state index in [9.17, 15) is 0 Å². The van der Waals surface area contributed by atoms with Crippen molar-refractivity contribution >= 4 is 0 Å². The van der Waals surface area contributed by atoms with E-state index in [1.54, 1.807) is 7.11 Å². The van der Waals surface area contributed by atoms with E-state index in [-0.39, 0.29) is 0 Å². The lowest BCUT2D eigenvalue weighted by Gasteiger charge is -2.22. The Kier molecular flexibility index (Phi) is 5.40. The first kappa shape index (κ1) is 15.6. The van der Waals surface area contributed by atoms with Gasteiger partial charge in [-0.2, -0.15) is 0 Å². The van der Waals surface area contributed by atoms with Gasteiger partial charge in [0.1, 0.15) is 5.75 Å². The van der Waals surface area contributed by atoms with Gasteiger partial charge in [0.15, 0.2) is 0 Å². The van der Waals surface area contributed by atoms with Crippen LogP contribution in [0.5, 0.6) is 5.75 Å². The molecule has 0 aromatic heterocycles. The van der Waals surface area contributed by atoms with Crippen LogP contribution in [0.3, 0.4) is 0 Å². The van der Waals surface area contributed by atoms with Crippen LogP contribution in [-0.2, 0) is 6.42 Å². The third-order valence-electron chi connectivity index (χ3n) is 3.88. The molecule has 1 atom stereocenters. The molecule has 2 aromatic carbocycles. The number of hydrogen-bond donors (Lipinski definition) is 1. The highest BCUT2D eigenvalue weighted by Crippen LogP contribution is 2.27. The van der Waals surface area contributed by atoms with Gasteiger partial charge in [-0.1, -0.05) is 48.9 Å². The Bertz CT molecular complexity index is 592. The summed E-state index contributed by atoms with van der Waals surface area (Å²) in [5, 5.41) is 3.61. The molecule has 0 saturated heterocycles. The van der Waals surface area contributed by atoms with E-state index in [0.29, 0.717) is 6.04 Å². The van der Waals surface area contributed by atoms with Crippen LogP contribution in [0.2, 0.25) is 0 Å². The predicted octanol–water partition coefficient (Wildman–Crippen LogP) is 4.21. The molecule has 0 saturated carbocycles. The quantitative estimate of drug-likeness (QED) is 0.857. The number of benzene rings is 2. The number of para-hydroxylation sites is 1. The van der Waals surface area contributed by atoms with E-state index in [2.05, 4.69) is 56.4 Å². The molecule has 0 bridgehead atoms. The van der Waals surface area contributed by atoms with Crippen LogP contribution in [-0.4, -0.2) is 13.7 Å². The Morgan fingerprint density at radius 1 is 1.10 bits per heavy atom. The first-order valence-corrected chi connectivity index (χ1v) is 7.58. The number of nitrogens with one attached hydrogen (secondary N) is 1. The Labute approximate surface area is 128 Å². The van der Waals surface area contributed by atoms with Gasteiger partial charge in [-0.3, -0.25) is 0 Å². The molecule has 0 aliphatic rings. The fourth-order valence-corrected chi connectivity index (χ4v) is 2.77. The van der Waals surface area contributed by atoms with Crippen molar-refractivity contribution in [1.29, 1.82) is 0 Å². The monoisotopic (exact) mass is 283 g/mol. The maximum absolute atomic E-state index is 5.49. The number of likely N-dealkylation sites (N-methyl/N-ethyl adjacent to an activating group) is 1. The summed E-state index contributed by atoms with van der Waals surface area (Å²) < 4.78 is 5.49. The standard InChI is InChI=1S/C19H25NO/c1-5-20-18(17-12-14(2)10-11-15(17)3)13-16-8-6-7-9-19(16)21-4/h6-12,18,20H,5,13H2,1-4H3. The normalized spacial score (nSPS) is 12.2. The molecule has 2 rings (SSSR count). The number of aryl methyl sites for hydroxylation is 2. The van der Waals surface area contributed by atoms with Crippen LogP contribution in [0, 0.1) is 13.8 Å². The number of methoxy groups -OCH3 is 1. The maximum atomic E-state index is 5.49. The topological polar surface area (TPSA) is 21.3 Å². The van der Waals surface area contributed by atoms with Crippen LogP contribution in [0.4, 0.5) is 0 Å². The first-order chi connectivity index (χ1) is 10.2. The lowest BCUT2D eigenvalue weighted by molar-refractivity contribution is 0.405. The Morgan fingerprint density at radius 2 is 1.86 bits per heavy atom. The third kappa shape index (κ3) is 3.85. The van der Waals surface area contributed by atoms with E-state index in [4.69, 9.17) is 4.74 Å². The summed E-state index contributed by atoms with van der Waals surface area (Å²) in [5.74, 6) is 0.964. The first-order valence-electron chi connectivity index (χ1n) is 7.58. The largest absolute Gasteiger partial charge is 0.496 e. The van der Waals surface area contributed by atoms with Crippen molar-refractivity contribution in [2.24, 2.45) is 0 Å². The summed E-state index contributed by atoms with van der Waals surface area (Å²) >= 11 is 0. The summed E-state index contributed by atoms with van der Waals surface area (Å²) in [5.41, 5.74) is 5.26. The van der Waals surface area contributed by atoms with Gasteiger partial charge in [-0.05, 0) is 49.6 Å². The highest BCUT2D eigenvalue weighted by atomic mass is 16.5. The van der Waals surface area contributed by atoms with Crippen molar-refractivity contribution in [2.45, 2.75) is 33.2 Å². The summed E-state index contributed by atoms with van der Waals surface area (Å²) in [6.07, 6.45) is 0.933. The molecule has 0 fully saturated rings. The van der Waals surface area contributed by atoms with E-state index in [1.807, 2.05) is 12.1 Å². The molecular formula is C19H25NO. The molecular weight excluding hydrogens is 258 g/mol. The second-order valence-electron chi connectivity index (χ2n) is 5.49. The second kappa shape index (κ2) is 7.28. The van der Waals surface area contributed by atoms with Gasteiger partial charge >= 0.3 is 0 Å². The lowest BCUT2D eigenvalue weighted by atomic mass is 9.93. The number of hydrogen-bond acceptors (Lipinski definition) is 2. The summed E-state index contributed by atoms with van der Waals surface area (Å²) in [6, 6.07) is 15.2. The van der Waals surface area contributed by atoms with Gasteiger partial charge in [-0.25, -0.2) is 0 Å². The summed E-state index contributed by atoms with van der Waals surface area (Å²) in [4.78, 5) is 0. The van der Waals surface area contributed by atoms with Gasteiger partial charge in [-0.15, -0.1) is 0 Å². The fraction of sp³-hybridized carbons (Fsp3) is 0.368. The van der Waals surface area contributed by atoms with Gasteiger partial charge in [0.2, 0.25) is 0 Å². The van der Waals surface area contributed by atoms with Crippen molar-refractivity contribution in [3.05, 3.63) is 64.7 Å². The molecule has 0 aliphatic heterocycles. The molecule has 0 spiro atoms. The highest BCUT2D eigenvalue weighted by Gasteiger charge is 2.15. The zero-order valence-electron chi connectivity index (χ0n) is 13.4. The van der Waals surface area contributed by atoms with E-state index in [0.717, 1.165) is 18.7 Å². The smallest absolute Gasteiger partial charge is 0.122 e. The van der Waals surface area contributed by atoms with Crippen LogP contribution in [0.15, 0.2) is 42.5 Å². The molecule has 0 amide bonds. The minimum atomic E-state index is 0.311. The molecule has 2 aromatic rings. The lowest BCUT2D eigenvalue weighted by Crippen LogP contribution is -2.24. The van der Waals surface area contributed by atoms with Crippen LogP contribution in [0.1, 0.15) is 35.2 Å². The number of ether oxygens (including phenoxy) is 1. The average molecular weight is 283 g/mol. The molecule has 21 heavy (non-hydrogen) atoms. The molecule has 1 unspecified atom stereocenters. The zero-order chi connectivity index (χ0) is 15.2. The molecule has 0 radical (unpaired) electrons. The molecule has 2 heteroatoms. The van der Waals surface area contributed by atoms with Gasteiger partial charge in [0.25, 0.3) is 0 Å². The van der Waals surface area contributed by atoms with Crippen LogP contribution >= 0.6 is 0 Å². The number of rotatable bonds is 6. The minimum absolute atomic E-state index is 0.311. The SMILES string of the molecule is CCNC(Cc1ccccc1OC)c1cc(C)ccc1C. The fourth-order valence-electron chi connectivity index (χ4n) is 2.77. The maximum Gasteiger partial charge on any atom is 0.122 e. The predicted molar refractivity (Wildman–Crippen MR) is 89.0 cm³/mol. The van der Waals surface area contributed by atoms with Crippen molar-refractivity contribution in [2.75, 3.05) is 13.7 Å². The molecule has 112 valence electrons. The highest BCUT2D eigenvalue weighted by molar-refractivity contribution is 5.38. The zero-order valence-corrected chi connectivity index (χ0v) is 13.4. The van der Waals surface area contributed by atoms with Crippen molar-refractivity contribution in [3.8, 4) is 5.75 Å². The van der Waals surface area contributed by atoms with E-state index < -0.39 is 0 Å². The van der Waals surface area contributed by atoms with Crippen molar-refractivity contribution in [3.63, 3.8) is 0 Å². The molecule has 0 heterocycles. The van der Waals surface area contributed by atoms with Crippen LogP contribution in [0.25, 0.3) is 0 Å². The Morgan fingerprint density at radius 3 is 2.57 bits per heavy atom. The Balaban J connectivity index is 2.33.